The average Bonchev–Trinajstić information content (AvgIpc) is 3.26. The van der Waals surface area contributed by atoms with Gasteiger partial charge in [0.05, 0.1) is 24.3 Å². The number of amides is 4. The molecule has 0 bridgehead atoms. The van der Waals surface area contributed by atoms with Crippen molar-refractivity contribution in [2.75, 3.05) is 31.2 Å². The Labute approximate surface area is 166 Å². The molecule has 0 aromatic heterocycles. The van der Waals surface area contributed by atoms with E-state index in [9.17, 15) is 19.2 Å². The van der Waals surface area contributed by atoms with Gasteiger partial charge in [-0.1, -0.05) is 0 Å². The lowest BCUT2D eigenvalue weighted by Crippen LogP contribution is -2.54. The molecule has 0 radical (unpaired) electrons. The van der Waals surface area contributed by atoms with E-state index in [1.807, 2.05) is 6.07 Å². The van der Waals surface area contributed by atoms with Gasteiger partial charge in [-0.15, -0.1) is 0 Å². The number of nitrogens with one attached hydrogen (secondary N) is 1. The Morgan fingerprint density at radius 3 is 2.34 bits per heavy atom. The Balaban J connectivity index is 1.36. The number of carbonyl (C=O) groups is 4. The fourth-order valence-corrected chi connectivity index (χ4v) is 4.55. The maximum absolute atomic E-state index is 13.0. The van der Waals surface area contributed by atoms with Gasteiger partial charge in [0.15, 0.2) is 5.79 Å². The van der Waals surface area contributed by atoms with Crippen molar-refractivity contribution in [3.05, 3.63) is 29.3 Å². The van der Waals surface area contributed by atoms with Crippen LogP contribution in [0, 0.1) is 0 Å². The molecule has 1 N–H and O–H groups in total. The molecule has 29 heavy (non-hydrogen) atoms. The molecule has 4 aliphatic rings. The quantitative estimate of drug-likeness (QED) is 0.719. The van der Waals surface area contributed by atoms with Crippen molar-refractivity contribution in [2.45, 2.75) is 37.5 Å². The molecule has 1 aromatic carbocycles. The van der Waals surface area contributed by atoms with Crippen LogP contribution in [0.4, 0.5) is 5.69 Å². The van der Waals surface area contributed by atoms with Crippen LogP contribution in [0.1, 0.15) is 46.4 Å². The van der Waals surface area contributed by atoms with Gasteiger partial charge in [0.25, 0.3) is 11.8 Å². The van der Waals surface area contributed by atoms with Crippen molar-refractivity contribution in [3.8, 4) is 0 Å². The number of rotatable bonds is 2. The summed E-state index contributed by atoms with van der Waals surface area (Å²) in [5.74, 6) is -2.45. The van der Waals surface area contributed by atoms with Crippen molar-refractivity contribution in [1.29, 1.82) is 0 Å². The smallest absolute Gasteiger partial charge is 0.262 e. The number of ether oxygens (including phenoxy) is 2. The maximum atomic E-state index is 13.0. The van der Waals surface area contributed by atoms with E-state index in [-0.39, 0.29) is 18.7 Å². The molecule has 3 saturated heterocycles. The van der Waals surface area contributed by atoms with E-state index < -0.39 is 29.6 Å². The van der Waals surface area contributed by atoms with Gasteiger partial charge in [-0.05, 0) is 24.6 Å². The second-order valence-electron chi connectivity index (χ2n) is 7.77. The molecule has 9 nitrogen and oxygen atoms in total. The number of benzene rings is 1. The summed E-state index contributed by atoms with van der Waals surface area (Å²) in [6.07, 6.45) is 1.73. The summed E-state index contributed by atoms with van der Waals surface area (Å²) in [6.45, 7) is 2.67. The second kappa shape index (κ2) is 6.64. The van der Waals surface area contributed by atoms with Crippen LogP contribution in [-0.4, -0.2) is 66.7 Å². The van der Waals surface area contributed by atoms with E-state index in [0.29, 0.717) is 24.3 Å². The summed E-state index contributed by atoms with van der Waals surface area (Å²) in [5.41, 5.74) is 1.44. The normalized spacial score (nSPS) is 26.3. The molecule has 1 unspecified atom stereocenters. The first kappa shape index (κ1) is 18.3. The number of piperidine rings is 2. The average molecular weight is 399 g/mol. The minimum Gasteiger partial charge on any atom is -0.371 e. The number of hydrogen-bond acceptors (Lipinski definition) is 7. The van der Waals surface area contributed by atoms with Crippen LogP contribution >= 0.6 is 0 Å². The molecule has 1 aromatic rings. The highest BCUT2D eigenvalue weighted by Crippen LogP contribution is 2.35. The Kier molecular flexibility index (Phi) is 4.18. The first-order chi connectivity index (χ1) is 14.0. The zero-order valence-corrected chi connectivity index (χ0v) is 15.8. The molecule has 1 atom stereocenters. The number of nitrogens with zero attached hydrogens (tertiary/aromatic N) is 2. The Hall–Kier alpha value is -2.78. The van der Waals surface area contributed by atoms with Gasteiger partial charge >= 0.3 is 0 Å². The maximum Gasteiger partial charge on any atom is 0.262 e. The zero-order valence-electron chi connectivity index (χ0n) is 15.8. The molecule has 4 heterocycles. The van der Waals surface area contributed by atoms with Crippen LogP contribution in [0.25, 0.3) is 0 Å². The van der Waals surface area contributed by atoms with Crippen LogP contribution in [0.3, 0.4) is 0 Å². The molecule has 0 saturated carbocycles. The number of imide groups is 2. The highest BCUT2D eigenvalue weighted by Gasteiger charge is 2.45. The summed E-state index contributed by atoms with van der Waals surface area (Å²) < 4.78 is 11.5. The molecule has 4 amide bonds. The van der Waals surface area contributed by atoms with E-state index in [0.717, 1.165) is 36.5 Å². The Bertz CT molecular complexity index is 913. The summed E-state index contributed by atoms with van der Waals surface area (Å²) in [5, 5.41) is 2.21. The lowest BCUT2D eigenvalue weighted by atomic mass is 10.0. The standard InChI is InChI=1S/C20H21N3O6/c24-16-4-3-15(17(25)21-16)23-18(26)13-2-1-12(11-14(13)19(23)27)22-7-5-20(6-8-22)28-9-10-29-20/h1-2,11,15H,3-10H2,(H,21,24,25). The van der Waals surface area contributed by atoms with Gasteiger partial charge in [0, 0.05) is 38.0 Å². The molecule has 152 valence electrons. The Morgan fingerprint density at radius 1 is 0.966 bits per heavy atom. The van der Waals surface area contributed by atoms with E-state index >= 15 is 0 Å². The predicted octanol–water partition coefficient (Wildman–Crippen LogP) is 0.431. The fraction of sp³-hybridized carbons (Fsp3) is 0.500. The van der Waals surface area contributed by atoms with Crippen molar-refractivity contribution in [3.63, 3.8) is 0 Å². The molecule has 1 spiro atoms. The number of hydrogen-bond donors (Lipinski definition) is 1. The first-order valence-corrected chi connectivity index (χ1v) is 9.86. The third-order valence-corrected chi connectivity index (χ3v) is 6.13. The van der Waals surface area contributed by atoms with Crippen LogP contribution in [0.2, 0.25) is 0 Å². The molecule has 3 fully saturated rings. The lowest BCUT2D eigenvalue weighted by Gasteiger charge is -2.38. The van der Waals surface area contributed by atoms with E-state index in [4.69, 9.17) is 9.47 Å². The second-order valence-corrected chi connectivity index (χ2v) is 7.77. The van der Waals surface area contributed by atoms with Crippen molar-refractivity contribution in [2.24, 2.45) is 0 Å². The van der Waals surface area contributed by atoms with Gasteiger partial charge in [-0.3, -0.25) is 29.4 Å². The fourth-order valence-electron chi connectivity index (χ4n) is 4.55. The SMILES string of the molecule is O=C1CCC(N2C(=O)c3ccc(N4CCC5(CC4)OCCO5)cc3C2=O)C(=O)N1. The third kappa shape index (κ3) is 2.92. The molecular weight excluding hydrogens is 378 g/mol. The monoisotopic (exact) mass is 399 g/mol. The summed E-state index contributed by atoms with van der Waals surface area (Å²) in [7, 11) is 0. The molecule has 0 aliphatic carbocycles. The number of carbonyl (C=O) groups excluding carboxylic acids is 4. The van der Waals surface area contributed by atoms with Crippen LogP contribution in [0.15, 0.2) is 18.2 Å². The molecule has 9 heteroatoms. The largest absolute Gasteiger partial charge is 0.371 e. The molecule has 5 rings (SSSR count). The minimum atomic E-state index is -0.949. The highest BCUT2D eigenvalue weighted by atomic mass is 16.7. The Morgan fingerprint density at radius 2 is 1.66 bits per heavy atom. The summed E-state index contributed by atoms with van der Waals surface area (Å²) >= 11 is 0. The van der Waals surface area contributed by atoms with Gasteiger partial charge in [0.2, 0.25) is 11.8 Å². The summed E-state index contributed by atoms with van der Waals surface area (Å²) in [6, 6.07) is 4.24. The van der Waals surface area contributed by atoms with Crippen LogP contribution < -0.4 is 10.2 Å². The van der Waals surface area contributed by atoms with Crippen LogP contribution in [-0.2, 0) is 19.1 Å². The first-order valence-electron chi connectivity index (χ1n) is 9.86. The zero-order chi connectivity index (χ0) is 20.2. The topological polar surface area (TPSA) is 105 Å². The van der Waals surface area contributed by atoms with Crippen molar-refractivity contribution in [1.82, 2.24) is 10.2 Å². The molecule has 4 aliphatic heterocycles. The van der Waals surface area contributed by atoms with Crippen molar-refractivity contribution < 1.29 is 28.7 Å². The lowest BCUT2D eigenvalue weighted by molar-refractivity contribution is -0.169. The highest BCUT2D eigenvalue weighted by molar-refractivity contribution is 6.23. The van der Waals surface area contributed by atoms with Gasteiger partial charge in [-0.2, -0.15) is 0 Å². The molecular formula is C20H21N3O6. The van der Waals surface area contributed by atoms with Gasteiger partial charge in [-0.25, -0.2) is 0 Å². The minimum absolute atomic E-state index is 0.106. The van der Waals surface area contributed by atoms with E-state index in [1.54, 1.807) is 12.1 Å². The number of anilines is 1. The number of fused-ring (bicyclic) bond motifs is 1. The summed E-state index contributed by atoms with van der Waals surface area (Å²) in [4.78, 5) is 52.4. The van der Waals surface area contributed by atoms with E-state index in [2.05, 4.69) is 10.2 Å². The predicted molar refractivity (Wildman–Crippen MR) is 99.2 cm³/mol. The van der Waals surface area contributed by atoms with Crippen molar-refractivity contribution >= 4 is 29.3 Å². The van der Waals surface area contributed by atoms with Gasteiger partial charge < -0.3 is 14.4 Å². The third-order valence-electron chi connectivity index (χ3n) is 6.13. The van der Waals surface area contributed by atoms with Crippen LogP contribution in [0.5, 0.6) is 0 Å². The van der Waals surface area contributed by atoms with Gasteiger partial charge in [0.1, 0.15) is 6.04 Å². The van der Waals surface area contributed by atoms with E-state index in [1.165, 1.54) is 0 Å².